The Labute approximate surface area is 103 Å². The molecule has 17 heavy (non-hydrogen) atoms. The molecule has 0 spiro atoms. The Balaban J connectivity index is 2.07. The van der Waals surface area contributed by atoms with Crippen LogP contribution in [0.3, 0.4) is 0 Å². The third-order valence-corrected chi connectivity index (χ3v) is 2.87. The highest BCUT2D eigenvalue weighted by Crippen LogP contribution is 2.27. The lowest BCUT2D eigenvalue weighted by atomic mass is 10.2. The highest BCUT2D eigenvalue weighted by atomic mass is 32.1. The molecule has 0 saturated carbocycles. The van der Waals surface area contributed by atoms with Gasteiger partial charge in [-0.25, -0.2) is 4.79 Å². The van der Waals surface area contributed by atoms with E-state index in [-0.39, 0.29) is 13.0 Å². The van der Waals surface area contributed by atoms with Gasteiger partial charge in [-0.2, -0.15) is 0 Å². The molecule has 96 valence electrons. The van der Waals surface area contributed by atoms with E-state index in [2.05, 4.69) is 12.6 Å². The largest absolute Gasteiger partial charge is 0.418 e. The van der Waals surface area contributed by atoms with Gasteiger partial charge in [0.2, 0.25) is 5.06 Å². The lowest BCUT2D eigenvalue weighted by molar-refractivity contribution is -0.0669. The maximum atomic E-state index is 11.6. The number of rotatable bonds is 2. The molecule has 1 saturated heterocycles. The highest BCUT2D eigenvalue weighted by Gasteiger charge is 2.41. The average Bonchev–Trinajstić information content (AvgIpc) is 2.58. The summed E-state index contributed by atoms with van der Waals surface area (Å²) in [7, 11) is 0. The summed E-state index contributed by atoms with van der Waals surface area (Å²) in [5.74, 6) is 0. The zero-order valence-electron chi connectivity index (χ0n) is 8.89. The average molecular weight is 262 g/mol. The number of carbonyl (C=O) groups excluding carboxylic acids is 1. The zero-order chi connectivity index (χ0) is 12.6. The zero-order valence-corrected chi connectivity index (χ0v) is 9.79. The van der Waals surface area contributed by atoms with E-state index in [1.54, 1.807) is 0 Å². The first-order valence-corrected chi connectivity index (χ1v) is 5.54. The molecule has 2 heterocycles. The molecule has 1 amide bonds. The minimum atomic E-state index is -1.43. The van der Waals surface area contributed by atoms with Gasteiger partial charge in [0.1, 0.15) is 12.3 Å². The van der Waals surface area contributed by atoms with E-state index < -0.39 is 29.6 Å². The molecule has 8 heteroatoms. The summed E-state index contributed by atoms with van der Waals surface area (Å²) in [5.41, 5.74) is 5.49. The van der Waals surface area contributed by atoms with Crippen LogP contribution in [-0.4, -0.2) is 51.3 Å². The fourth-order valence-corrected chi connectivity index (χ4v) is 1.88. The normalized spacial score (nSPS) is 41.8. The molecule has 0 aromatic rings. The second kappa shape index (κ2) is 4.46. The van der Waals surface area contributed by atoms with E-state index >= 15 is 0 Å². The lowest BCUT2D eigenvalue weighted by Crippen LogP contribution is -2.48. The van der Waals surface area contributed by atoms with Crippen molar-refractivity contribution in [2.45, 2.75) is 29.9 Å². The number of cyclic esters (lactones) is 1. The number of nitrogens with two attached hydrogens (primary N) is 1. The molecule has 2 aliphatic rings. The van der Waals surface area contributed by atoms with Crippen LogP contribution in [0.15, 0.2) is 12.3 Å². The van der Waals surface area contributed by atoms with Gasteiger partial charge in [0.15, 0.2) is 0 Å². The minimum absolute atomic E-state index is 0.203. The first-order chi connectivity index (χ1) is 7.93. The third-order valence-electron chi connectivity index (χ3n) is 2.63. The molecule has 0 aromatic carbocycles. The second-order valence-corrected chi connectivity index (χ2v) is 4.66. The van der Waals surface area contributed by atoms with Gasteiger partial charge in [0.25, 0.3) is 0 Å². The van der Waals surface area contributed by atoms with Gasteiger partial charge >= 0.3 is 6.09 Å². The number of thiol groups is 1. The molecular weight excluding hydrogens is 248 g/mol. The van der Waals surface area contributed by atoms with Crippen molar-refractivity contribution in [1.82, 2.24) is 4.90 Å². The summed E-state index contributed by atoms with van der Waals surface area (Å²) in [5, 5.41) is 17.1. The molecule has 2 unspecified atom stereocenters. The summed E-state index contributed by atoms with van der Waals surface area (Å²) in [6.45, 7) is -0.308. The highest BCUT2D eigenvalue weighted by molar-refractivity contribution is 7.81. The van der Waals surface area contributed by atoms with Crippen LogP contribution in [0.25, 0.3) is 0 Å². The summed E-state index contributed by atoms with van der Waals surface area (Å²) >= 11 is 3.91. The Morgan fingerprint density at radius 3 is 2.94 bits per heavy atom. The van der Waals surface area contributed by atoms with E-state index in [0.29, 0.717) is 0 Å². The molecule has 0 aromatic heterocycles. The predicted molar refractivity (Wildman–Crippen MR) is 59.7 cm³/mol. The van der Waals surface area contributed by atoms with Gasteiger partial charge in [-0.15, -0.1) is 12.6 Å². The van der Waals surface area contributed by atoms with Crippen molar-refractivity contribution in [3.63, 3.8) is 0 Å². The Morgan fingerprint density at radius 2 is 2.41 bits per heavy atom. The fourth-order valence-electron chi connectivity index (χ4n) is 1.74. The van der Waals surface area contributed by atoms with Crippen molar-refractivity contribution in [3.8, 4) is 0 Å². The van der Waals surface area contributed by atoms with Crippen LogP contribution in [0, 0.1) is 0 Å². The molecule has 0 bridgehead atoms. The van der Waals surface area contributed by atoms with Crippen molar-refractivity contribution in [3.05, 3.63) is 12.3 Å². The molecule has 0 aliphatic carbocycles. The van der Waals surface area contributed by atoms with E-state index in [4.69, 9.17) is 20.3 Å². The molecule has 1 fully saturated rings. The number of aliphatic hydroxyl groups is 2. The van der Waals surface area contributed by atoms with Gasteiger partial charge < -0.3 is 19.7 Å². The summed E-state index contributed by atoms with van der Waals surface area (Å²) in [6.07, 6.45) is 0.106. The number of aliphatic hydroxyl groups excluding tert-OH is 2. The number of hydrogen-bond donors (Lipinski definition) is 4. The molecule has 0 radical (unpaired) electrons. The quantitative estimate of drug-likeness (QED) is 0.374. The second-order valence-electron chi connectivity index (χ2n) is 3.96. The molecular formula is C9H14N2O5S. The van der Waals surface area contributed by atoms with Gasteiger partial charge in [0, 0.05) is 18.7 Å². The fraction of sp³-hybridized carbons (Fsp3) is 0.667. The molecule has 2 aliphatic heterocycles. The first-order valence-electron chi connectivity index (χ1n) is 5.09. The lowest BCUT2D eigenvalue weighted by Gasteiger charge is -2.32. The van der Waals surface area contributed by atoms with Crippen LogP contribution in [-0.2, 0) is 9.47 Å². The van der Waals surface area contributed by atoms with Crippen molar-refractivity contribution < 1.29 is 24.5 Å². The maximum Gasteiger partial charge on any atom is 0.418 e. The van der Waals surface area contributed by atoms with Gasteiger partial charge in [-0.1, -0.05) is 0 Å². The Kier molecular flexibility index (Phi) is 3.32. The van der Waals surface area contributed by atoms with Crippen molar-refractivity contribution in [1.29, 1.82) is 0 Å². The SMILES string of the molecule is NC1(S)C=CN([C@H]2CC(O)[C@@H](CO)O2)C(=O)O1. The number of ether oxygens (including phenoxy) is 2. The van der Waals surface area contributed by atoms with Crippen molar-refractivity contribution >= 4 is 18.7 Å². The Morgan fingerprint density at radius 1 is 1.71 bits per heavy atom. The molecule has 4 atom stereocenters. The minimum Gasteiger partial charge on any atom is -0.414 e. The number of nitrogens with zero attached hydrogens (tertiary/aromatic N) is 1. The van der Waals surface area contributed by atoms with Crippen LogP contribution in [0.2, 0.25) is 0 Å². The molecule has 4 N–H and O–H groups in total. The van der Waals surface area contributed by atoms with E-state index in [9.17, 15) is 9.90 Å². The first kappa shape index (κ1) is 12.7. The van der Waals surface area contributed by atoms with Gasteiger partial charge in [0.05, 0.1) is 12.7 Å². The van der Waals surface area contributed by atoms with Crippen molar-refractivity contribution in [2.75, 3.05) is 6.61 Å². The Hall–Kier alpha value is -0.800. The van der Waals surface area contributed by atoms with Crippen LogP contribution < -0.4 is 5.73 Å². The predicted octanol–water partition coefficient (Wildman–Crippen LogP) is -1.04. The maximum absolute atomic E-state index is 11.6. The summed E-state index contributed by atoms with van der Waals surface area (Å²) < 4.78 is 10.1. The molecule has 7 nitrogen and oxygen atoms in total. The topological polar surface area (TPSA) is 105 Å². The monoisotopic (exact) mass is 262 g/mol. The van der Waals surface area contributed by atoms with E-state index in [0.717, 1.165) is 0 Å². The third kappa shape index (κ3) is 2.55. The molecule has 2 rings (SSSR count). The number of carbonyl (C=O) groups is 1. The van der Waals surface area contributed by atoms with Crippen LogP contribution in [0.5, 0.6) is 0 Å². The van der Waals surface area contributed by atoms with Crippen LogP contribution >= 0.6 is 12.6 Å². The van der Waals surface area contributed by atoms with Gasteiger partial charge in [-0.05, 0) is 0 Å². The van der Waals surface area contributed by atoms with E-state index in [1.807, 2.05) is 0 Å². The van der Waals surface area contributed by atoms with Crippen LogP contribution in [0.4, 0.5) is 4.79 Å². The van der Waals surface area contributed by atoms with E-state index in [1.165, 1.54) is 17.2 Å². The van der Waals surface area contributed by atoms with Crippen LogP contribution in [0.1, 0.15) is 6.42 Å². The number of hydrogen-bond acceptors (Lipinski definition) is 7. The summed E-state index contributed by atoms with van der Waals surface area (Å²) in [6, 6.07) is 0. The summed E-state index contributed by atoms with van der Waals surface area (Å²) in [4.78, 5) is 12.8. The smallest absolute Gasteiger partial charge is 0.414 e. The Bertz CT molecular complexity index is 348. The van der Waals surface area contributed by atoms with Gasteiger partial charge in [-0.3, -0.25) is 10.6 Å². The van der Waals surface area contributed by atoms with Crippen molar-refractivity contribution in [2.24, 2.45) is 5.73 Å². The number of amides is 1. The standard InChI is InChI=1S/C9H14N2O5S/c10-9(17)1-2-11(8(14)16-9)7-3-5(13)6(4-12)15-7/h1-2,5-7,12-13,17H,3-4,10H2/t5?,6-,7-,9?/m1/s1.